The van der Waals surface area contributed by atoms with Crippen molar-refractivity contribution in [1.82, 2.24) is 5.32 Å². The molecule has 2 rings (SSSR count). The van der Waals surface area contributed by atoms with Crippen LogP contribution in [0, 0.1) is 5.82 Å². The minimum atomic E-state index is -0.182. The highest BCUT2D eigenvalue weighted by Gasteiger charge is 2.10. The summed E-state index contributed by atoms with van der Waals surface area (Å²) in [5.74, 6) is -0.182. The Morgan fingerprint density at radius 3 is 2.75 bits per heavy atom. The van der Waals surface area contributed by atoms with Gasteiger partial charge < -0.3 is 10.2 Å². The van der Waals surface area contributed by atoms with Crippen molar-refractivity contribution in [2.45, 2.75) is 33.0 Å². The Kier molecular flexibility index (Phi) is 5.15. The zero-order chi connectivity index (χ0) is 14.5. The van der Waals surface area contributed by atoms with Crippen LogP contribution in [0.1, 0.15) is 24.3 Å². The Hall–Kier alpha value is -1.39. The van der Waals surface area contributed by atoms with E-state index < -0.39 is 0 Å². The van der Waals surface area contributed by atoms with E-state index >= 15 is 0 Å². The average molecular weight is 292 g/mol. The summed E-state index contributed by atoms with van der Waals surface area (Å²) in [6.45, 7) is 5.71. The summed E-state index contributed by atoms with van der Waals surface area (Å²) in [6, 6.07) is 9.57. The SMILES string of the molecule is CC(C)NCc1cc(F)ccc1N(C)Cc1cccs1. The van der Waals surface area contributed by atoms with E-state index in [1.807, 2.05) is 13.1 Å². The molecule has 0 amide bonds. The molecule has 0 aliphatic heterocycles. The lowest BCUT2D eigenvalue weighted by atomic mass is 10.1. The lowest BCUT2D eigenvalue weighted by Gasteiger charge is -2.23. The Balaban J connectivity index is 2.16. The maximum Gasteiger partial charge on any atom is 0.123 e. The predicted octanol–water partition coefficient (Wildman–Crippen LogP) is 4.02. The van der Waals surface area contributed by atoms with Crippen LogP contribution in [0.4, 0.5) is 10.1 Å². The van der Waals surface area contributed by atoms with Crippen LogP contribution in [0.3, 0.4) is 0 Å². The highest BCUT2D eigenvalue weighted by atomic mass is 32.1. The van der Waals surface area contributed by atoms with Gasteiger partial charge in [0, 0.05) is 30.2 Å². The van der Waals surface area contributed by atoms with Crippen LogP contribution in [-0.2, 0) is 13.1 Å². The number of hydrogen-bond acceptors (Lipinski definition) is 3. The zero-order valence-electron chi connectivity index (χ0n) is 12.2. The normalized spacial score (nSPS) is 11.1. The lowest BCUT2D eigenvalue weighted by Crippen LogP contribution is -2.24. The molecule has 0 aliphatic carbocycles. The van der Waals surface area contributed by atoms with Gasteiger partial charge in [0.05, 0.1) is 6.54 Å². The molecule has 2 nitrogen and oxygen atoms in total. The summed E-state index contributed by atoms with van der Waals surface area (Å²) in [5.41, 5.74) is 2.07. The van der Waals surface area contributed by atoms with E-state index in [4.69, 9.17) is 0 Å². The predicted molar refractivity (Wildman–Crippen MR) is 84.8 cm³/mol. The van der Waals surface area contributed by atoms with E-state index in [-0.39, 0.29) is 5.82 Å². The second kappa shape index (κ2) is 6.86. The highest BCUT2D eigenvalue weighted by Crippen LogP contribution is 2.23. The van der Waals surface area contributed by atoms with Crippen LogP contribution in [0.25, 0.3) is 0 Å². The molecule has 108 valence electrons. The Labute approximate surface area is 124 Å². The number of rotatable bonds is 6. The number of anilines is 1. The zero-order valence-corrected chi connectivity index (χ0v) is 13.0. The van der Waals surface area contributed by atoms with Gasteiger partial charge in [0.1, 0.15) is 5.82 Å². The van der Waals surface area contributed by atoms with E-state index in [0.717, 1.165) is 17.8 Å². The molecule has 0 atom stereocenters. The van der Waals surface area contributed by atoms with E-state index in [2.05, 4.69) is 41.6 Å². The standard InChI is InChI=1S/C16H21FN2S/c1-12(2)18-10-13-9-14(17)6-7-16(13)19(3)11-15-5-4-8-20-15/h4-9,12,18H,10-11H2,1-3H3. The first-order valence-electron chi connectivity index (χ1n) is 6.81. The second-order valence-electron chi connectivity index (χ2n) is 5.24. The molecule has 0 radical (unpaired) electrons. The highest BCUT2D eigenvalue weighted by molar-refractivity contribution is 7.09. The Morgan fingerprint density at radius 1 is 1.30 bits per heavy atom. The quantitative estimate of drug-likeness (QED) is 0.865. The van der Waals surface area contributed by atoms with Crippen LogP contribution in [-0.4, -0.2) is 13.1 Å². The van der Waals surface area contributed by atoms with Crippen LogP contribution in [0.2, 0.25) is 0 Å². The van der Waals surface area contributed by atoms with Crippen molar-refractivity contribution in [2.75, 3.05) is 11.9 Å². The molecule has 0 fully saturated rings. The van der Waals surface area contributed by atoms with Gasteiger partial charge in [-0.1, -0.05) is 19.9 Å². The number of benzene rings is 1. The maximum absolute atomic E-state index is 13.5. The van der Waals surface area contributed by atoms with Crippen LogP contribution < -0.4 is 10.2 Å². The maximum atomic E-state index is 13.5. The number of halogens is 1. The van der Waals surface area contributed by atoms with Gasteiger partial charge in [-0.25, -0.2) is 4.39 Å². The van der Waals surface area contributed by atoms with Crippen LogP contribution in [0.15, 0.2) is 35.7 Å². The number of thiophene rings is 1. The molecule has 0 saturated heterocycles. The molecule has 1 aromatic carbocycles. The van der Waals surface area contributed by atoms with Crippen molar-refractivity contribution in [3.63, 3.8) is 0 Å². The first kappa shape index (κ1) is 15.0. The third-order valence-corrected chi connectivity index (χ3v) is 3.99. The van der Waals surface area contributed by atoms with Gasteiger partial charge in [0.15, 0.2) is 0 Å². The van der Waals surface area contributed by atoms with E-state index in [0.29, 0.717) is 12.6 Å². The van der Waals surface area contributed by atoms with Crippen molar-refractivity contribution in [1.29, 1.82) is 0 Å². The molecular formula is C16H21FN2S. The minimum Gasteiger partial charge on any atom is -0.369 e. The molecule has 0 saturated carbocycles. The molecule has 0 spiro atoms. The summed E-state index contributed by atoms with van der Waals surface area (Å²) in [4.78, 5) is 3.47. The largest absolute Gasteiger partial charge is 0.369 e. The van der Waals surface area contributed by atoms with Gasteiger partial charge in [-0.15, -0.1) is 11.3 Å². The van der Waals surface area contributed by atoms with Crippen molar-refractivity contribution in [3.8, 4) is 0 Å². The molecular weight excluding hydrogens is 271 g/mol. The van der Waals surface area contributed by atoms with E-state index in [1.165, 1.54) is 10.9 Å². The number of nitrogens with zero attached hydrogens (tertiary/aromatic N) is 1. The Morgan fingerprint density at radius 2 is 2.10 bits per heavy atom. The summed E-state index contributed by atoms with van der Waals surface area (Å²) in [7, 11) is 2.05. The van der Waals surface area contributed by atoms with E-state index in [9.17, 15) is 4.39 Å². The van der Waals surface area contributed by atoms with Gasteiger partial charge in [0.25, 0.3) is 0 Å². The van der Waals surface area contributed by atoms with Crippen molar-refractivity contribution in [2.24, 2.45) is 0 Å². The topological polar surface area (TPSA) is 15.3 Å². The number of nitrogens with one attached hydrogen (secondary N) is 1. The fraction of sp³-hybridized carbons (Fsp3) is 0.375. The molecule has 2 aromatic rings. The molecule has 0 bridgehead atoms. The Bertz CT molecular complexity index is 537. The fourth-order valence-electron chi connectivity index (χ4n) is 2.10. The molecule has 1 aromatic heterocycles. The first-order chi connectivity index (χ1) is 9.56. The molecule has 1 heterocycles. The van der Waals surface area contributed by atoms with Gasteiger partial charge >= 0.3 is 0 Å². The first-order valence-corrected chi connectivity index (χ1v) is 7.69. The monoisotopic (exact) mass is 292 g/mol. The lowest BCUT2D eigenvalue weighted by molar-refractivity contribution is 0.581. The van der Waals surface area contributed by atoms with Gasteiger partial charge in [-0.2, -0.15) is 0 Å². The summed E-state index contributed by atoms with van der Waals surface area (Å²) < 4.78 is 13.5. The molecule has 20 heavy (non-hydrogen) atoms. The molecule has 4 heteroatoms. The summed E-state index contributed by atoms with van der Waals surface area (Å²) in [6.07, 6.45) is 0. The van der Waals surface area contributed by atoms with Crippen molar-refractivity contribution in [3.05, 3.63) is 52.0 Å². The average Bonchev–Trinajstić information content (AvgIpc) is 2.89. The fourth-order valence-corrected chi connectivity index (χ4v) is 2.86. The van der Waals surface area contributed by atoms with Crippen LogP contribution >= 0.6 is 11.3 Å². The third-order valence-electron chi connectivity index (χ3n) is 3.13. The molecule has 0 unspecified atom stereocenters. The summed E-state index contributed by atoms with van der Waals surface area (Å²) >= 11 is 1.74. The number of hydrogen-bond donors (Lipinski definition) is 1. The van der Waals surface area contributed by atoms with Crippen LogP contribution in [0.5, 0.6) is 0 Å². The minimum absolute atomic E-state index is 0.182. The van der Waals surface area contributed by atoms with Gasteiger partial charge in [-0.3, -0.25) is 0 Å². The smallest absolute Gasteiger partial charge is 0.123 e. The molecule has 1 N–H and O–H groups in total. The van der Waals surface area contributed by atoms with E-state index in [1.54, 1.807) is 17.4 Å². The van der Waals surface area contributed by atoms with Crippen molar-refractivity contribution < 1.29 is 4.39 Å². The van der Waals surface area contributed by atoms with Gasteiger partial charge in [-0.05, 0) is 35.2 Å². The third kappa shape index (κ3) is 4.05. The second-order valence-corrected chi connectivity index (χ2v) is 6.28. The van der Waals surface area contributed by atoms with Gasteiger partial charge in [0.2, 0.25) is 0 Å². The molecule has 0 aliphatic rings. The van der Waals surface area contributed by atoms with Crippen molar-refractivity contribution >= 4 is 17.0 Å². The summed E-state index contributed by atoms with van der Waals surface area (Å²) in [5, 5.41) is 5.43.